The monoisotopic (exact) mass is 358 g/mol. The summed E-state index contributed by atoms with van der Waals surface area (Å²) in [5.41, 5.74) is 2.32. The van der Waals surface area contributed by atoms with E-state index in [0.717, 1.165) is 24.6 Å². The maximum absolute atomic E-state index is 11.8. The Morgan fingerprint density at radius 3 is 2.85 bits per heavy atom. The Kier molecular flexibility index (Phi) is 5.53. The van der Waals surface area contributed by atoms with Crippen LogP contribution < -0.4 is 10.2 Å². The molecular weight excluding hydrogens is 332 g/mol. The van der Waals surface area contributed by atoms with Gasteiger partial charge in [-0.25, -0.2) is 4.98 Å². The molecule has 0 aromatic carbocycles. The van der Waals surface area contributed by atoms with Crippen molar-refractivity contribution in [1.29, 1.82) is 0 Å². The molecule has 3 heterocycles. The first-order valence-electron chi connectivity index (χ1n) is 8.86. The average molecular weight is 358 g/mol. The van der Waals surface area contributed by atoms with Crippen molar-refractivity contribution in [2.24, 2.45) is 0 Å². The molecule has 8 heteroatoms. The summed E-state index contributed by atoms with van der Waals surface area (Å²) in [7, 11) is 3.86. The summed E-state index contributed by atoms with van der Waals surface area (Å²) in [6.45, 7) is 5.23. The lowest BCUT2D eigenvalue weighted by Crippen LogP contribution is -2.34. The van der Waals surface area contributed by atoms with E-state index in [9.17, 15) is 9.90 Å². The third kappa shape index (κ3) is 4.03. The minimum atomic E-state index is -0.592. The van der Waals surface area contributed by atoms with Gasteiger partial charge in [-0.05, 0) is 39.2 Å². The van der Waals surface area contributed by atoms with E-state index < -0.39 is 6.10 Å². The second-order valence-electron chi connectivity index (χ2n) is 6.75. The number of aliphatic hydroxyl groups excluding tert-OH is 1. The molecule has 0 radical (unpaired) electrons. The van der Waals surface area contributed by atoms with Gasteiger partial charge in [0.2, 0.25) is 0 Å². The maximum atomic E-state index is 11.8. The summed E-state index contributed by atoms with van der Waals surface area (Å²) in [5.74, 6) is 0.726. The highest BCUT2D eigenvalue weighted by molar-refractivity contribution is 5.93. The summed E-state index contributed by atoms with van der Waals surface area (Å²) in [6, 6.07) is 5.63. The van der Waals surface area contributed by atoms with Gasteiger partial charge in [-0.3, -0.25) is 9.48 Å². The number of aliphatic hydroxyl groups is 1. The number of likely N-dealkylation sites (N-methyl/N-ethyl adjacent to an activating group) is 1. The molecule has 1 unspecified atom stereocenters. The number of nitrogens with zero attached hydrogens (tertiary/aromatic N) is 5. The zero-order valence-corrected chi connectivity index (χ0v) is 15.5. The molecule has 3 rings (SSSR count). The van der Waals surface area contributed by atoms with Crippen LogP contribution in [0.4, 0.5) is 5.82 Å². The fraction of sp³-hybridized carbons (Fsp3) is 0.500. The van der Waals surface area contributed by atoms with Gasteiger partial charge >= 0.3 is 0 Å². The van der Waals surface area contributed by atoms with E-state index in [1.165, 1.54) is 0 Å². The van der Waals surface area contributed by atoms with Crippen LogP contribution in [0.2, 0.25) is 0 Å². The maximum Gasteiger partial charge on any atom is 0.252 e. The van der Waals surface area contributed by atoms with Crippen LogP contribution in [-0.2, 0) is 13.1 Å². The molecule has 0 saturated carbocycles. The first-order valence-corrected chi connectivity index (χ1v) is 8.86. The molecule has 0 aliphatic carbocycles. The van der Waals surface area contributed by atoms with Gasteiger partial charge in [0.25, 0.3) is 5.91 Å². The van der Waals surface area contributed by atoms with Crippen molar-refractivity contribution in [3.8, 4) is 0 Å². The Morgan fingerprint density at radius 1 is 1.38 bits per heavy atom. The topological polar surface area (TPSA) is 86.5 Å². The van der Waals surface area contributed by atoms with Gasteiger partial charge in [0.1, 0.15) is 11.9 Å². The SMILES string of the molecule is CCNC(=O)c1ccc(N2CCn3nc(C(O)CN(C)C)cc3C2)nc1. The van der Waals surface area contributed by atoms with E-state index in [0.29, 0.717) is 30.9 Å². The van der Waals surface area contributed by atoms with Crippen LogP contribution in [-0.4, -0.2) is 64.4 Å². The number of hydrogen-bond donors (Lipinski definition) is 2. The third-order valence-electron chi connectivity index (χ3n) is 4.37. The molecule has 26 heavy (non-hydrogen) atoms. The van der Waals surface area contributed by atoms with Gasteiger partial charge in [-0.2, -0.15) is 5.10 Å². The number of aromatic nitrogens is 3. The summed E-state index contributed by atoms with van der Waals surface area (Å²) in [5, 5.41) is 17.6. The summed E-state index contributed by atoms with van der Waals surface area (Å²) in [6.07, 6.45) is 1.02. The van der Waals surface area contributed by atoms with E-state index in [1.54, 1.807) is 12.3 Å². The fourth-order valence-electron chi connectivity index (χ4n) is 3.06. The molecule has 2 aromatic rings. The lowest BCUT2D eigenvalue weighted by Gasteiger charge is -2.28. The largest absolute Gasteiger partial charge is 0.385 e. The lowest BCUT2D eigenvalue weighted by molar-refractivity contribution is 0.0955. The van der Waals surface area contributed by atoms with Gasteiger partial charge < -0.3 is 20.2 Å². The van der Waals surface area contributed by atoms with Crippen molar-refractivity contribution in [3.63, 3.8) is 0 Å². The average Bonchev–Trinajstić information content (AvgIpc) is 3.05. The van der Waals surface area contributed by atoms with Crippen LogP contribution in [0.15, 0.2) is 24.4 Å². The van der Waals surface area contributed by atoms with Crippen LogP contribution in [0.25, 0.3) is 0 Å². The number of rotatable bonds is 6. The first-order chi connectivity index (χ1) is 12.5. The Hall–Kier alpha value is -2.45. The van der Waals surface area contributed by atoms with Gasteiger partial charge in [-0.15, -0.1) is 0 Å². The van der Waals surface area contributed by atoms with Gasteiger partial charge in [-0.1, -0.05) is 0 Å². The van der Waals surface area contributed by atoms with Crippen LogP contribution in [0, 0.1) is 0 Å². The molecular formula is C18H26N6O2. The molecule has 0 bridgehead atoms. The highest BCUT2D eigenvalue weighted by Gasteiger charge is 2.22. The molecule has 0 fully saturated rings. The number of hydrogen-bond acceptors (Lipinski definition) is 6. The number of amides is 1. The Morgan fingerprint density at radius 2 is 2.19 bits per heavy atom. The van der Waals surface area contributed by atoms with E-state index in [-0.39, 0.29) is 5.91 Å². The van der Waals surface area contributed by atoms with Gasteiger partial charge in [0.15, 0.2) is 0 Å². The van der Waals surface area contributed by atoms with Crippen molar-refractivity contribution >= 4 is 11.7 Å². The van der Waals surface area contributed by atoms with Gasteiger partial charge in [0.05, 0.1) is 30.0 Å². The number of fused-ring (bicyclic) bond motifs is 1. The van der Waals surface area contributed by atoms with E-state index in [4.69, 9.17) is 0 Å². The van der Waals surface area contributed by atoms with Crippen LogP contribution >= 0.6 is 0 Å². The van der Waals surface area contributed by atoms with E-state index in [2.05, 4.69) is 20.3 Å². The second-order valence-corrected chi connectivity index (χ2v) is 6.75. The summed E-state index contributed by atoms with van der Waals surface area (Å²) < 4.78 is 1.95. The molecule has 2 aromatic heterocycles. The quantitative estimate of drug-likeness (QED) is 0.788. The van der Waals surface area contributed by atoms with Crippen molar-refractivity contribution in [2.75, 3.05) is 38.6 Å². The second kappa shape index (κ2) is 7.84. The van der Waals surface area contributed by atoms with Crippen molar-refractivity contribution in [2.45, 2.75) is 26.1 Å². The zero-order chi connectivity index (χ0) is 18.7. The lowest BCUT2D eigenvalue weighted by atomic mass is 10.2. The smallest absolute Gasteiger partial charge is 0.252 e. The Bertz CT molecular complexity index is 756. The van der Waals surface area contributed by atoms with Crippen molar-refractivity contribution in [3.05, 3.63) is 41.3 Å². The molecule has 0 spiro atoms. The number of carbonyl (C=O) groups excluding carboxylic acids is 1. The van der Waals surface area contributed by atoms with Crippen LogP contribution in [0.1, 0.15) is 34.8 Å². The number of anilines is 1. The number of nitrogens with one attached hydrogen (secondary N) is 1. The molecule has 1 amide bonds. The minimum absolute atomic E-state index is 0.109. The van der Waals surface area contributed by atoms with Crippen molar-refractivity contribution in [1.82, 2.24) is 25.0 Å². The molecule has 1 atom stereocenters. The van der Waals surface area contributed by atoms with Gasteiger partial charge in [0, 0.05) is 25.8 Å². The van der Waals surface area contributed by atoms with E-state index in [1.807, 2.05) is 42.7 Å². The molecule has 140 valence electrons. The minimum Gasteiger partial charge on any atom is -0.385 e. The molecule has 8 nitrogen and oxygen atoms in total. The standard InChI is InChI=1S/C18H26N6O2/c1-4-19-18(26)13-5-6-17(20-10-13)23-7-8-24-14(11-23)9-15(21-24)16(25)12-22(2)3/h5-6,9-10,16,25H,4,7-8,11-12H2,1-3H3,(H,19,26). The zero-order valence-electron chi connectivity index (χ0n) is 15.5. The van der Waals surface area contributed by atoms with Crippen molar-refractivity contribution < 1.29 is 9.90 Å². The highest BCUT2D eigenvalue weighted by atomic mass is 16.3. The Balaban J connectivity index is 1.70. The molecule has 1 aliphatic heterocycles. The predicted octanol–water partition coefficient (Wildman–Crippen LogP) is 0.643. The van der Waals surface area contributed by atoms with Crippen LogP contribution in [0.3, 0.4) is 0 Å². The normalized spacial score (nSPS) is 15.0. The summed E-state index contributed by atoms with van der Waals surface area (Å²) >= 11 is 0. The predicted molar refractivity (Wildman–Crippen MR) is 99.0 cm³/mol. The highest BCUT2D eigenvalue weighted by Crippen LogP contribution is 2.22. The summed E-state index contributed by atoms with van der Waals surface area (Å²) in [4.78, 5) is 20.4. The molecule has 0 saturated heterocycles. The molecule has 2 N–H and O–H groups in total. The van der Waals surface area contributed by atoms with E-state index >= 15 is 0 Å². The Labute approximate surface area is 153 Å². The fourth-order valence-corrected chi connectivity index (χ4v) is 3.06. The first kappa shape index (κ1) is 18.3. The number of pyridine rings is 1. The number of carbonyl (C=O) groups is 1. The third-order valence-corrected chi connectivity index (χ3v) is 4.37. The van der Waals surface area contributed by atoms with Crippen LogP contribution in [0.5, 0.6) is 0 Å². The molecule has 1 aliphatic rings.